The van der Waals surface area contributed by atoms with E-state index in [1.54, 1.807) is 0 Å². The van der Waals surface area contributed by atoms with Gasteiger partial charge in [-0.3, -0.25) is 0 Å². The van der Waals surface area contributed by atoms with Crippen molar-refractivity contribution in [3.63, 3.8) is 0 Å². The summed E-state index contributed by atoms with van der Waals surface area (Å²) in [7, 11) is 0. The Bertz CT molecular complexity index is 263. The predicted molar refractivity (Wildman–Crippen MR) is 78.4 cm³/mol. The van der Waals surface area contributed by atoms with Gasteiger partial charge in [-0.15, -0.1) is 0 Å². The molecule has 3 nitrogen and oxygen atoms in total. The van der Waals surface area contributed by atoms with Gasteiger partial charge in [0.2, 0.25) is 0 Å². The Morgan fingerprint density at radius 2 is 2.16 bits per heavy atom. The summed E-state index contributed by atoms with van der Waals surface area (Å²) in [5, 5.41) is 3.59. The molecule has 3 unspecified atom stereocenters. The van der Waals surface area contributed by atoms with Gasteiger partial charge >= 0.3 is 0 Å². The van der Waals surface area contributed by atoms with Crippen LogP contribution >= 0.6 is 0 Å². The largest absolute Gasteiger partial charge is 0.376 e. The van der Waals surface area contributed by atoms with Gasteiger partial charge < -0.3 is 14.8 Å². The number of nitrogens with one attached hydrogen (secondary N) is 1. The number of ether oxygens (including phenoxy) is 2. The van der Waals surface area contributed by atoms with Gasteiger partial charge in [0.15, 0.2) is 0 Å². The molecule has 0 bridgehead atoms. The van der Waals surface area contributed by atoms with Crippen LogP contribution in [0.1, 0.15) is 59.3 Å². The standard InChI is InChI=1S/C16H31NO2/c1-13(2)17-12-16(8-4-6-14(3)10-16)19-11-15-7-5-9-18-15/h13-15,17H,4-12H2,1-3H3. The van der Waals surface area contributed by atoms with Crippen molar-refractivity contribution in [1.29, 1.82) is 0 Å². The van der Waals surface area contributed by atoms with Gasteiger partial charge in [-0.2, -0.15) is 0 Å². The first-order valence-corrected chi connectivity index (χ1v) is 8.09. The lowest BCUT2D eigenvalue weighted by Crippen LogP contribution is -2.49. The molecule has 2 fully saturated rings. The molecule has 1 aliphatic carbocycles. The van der Waals surface area contributed by atoms with Gasteiger partial charge in [-0.1, -0.05) is 33.6 Å². The molecule has 19 heavy (non-hydrogen) atoms. The SMILES string of the molecule is CC1CCCC(CNC(C)C)(OCC2CCCO2)C1. The van der Waals surface area contributed by atoms with E-state index < -0.39 is 0 Å². The number of hydrogen-bond acceptors (Lipinski definition) is 3. The van der Waals surface area contributed by atoms with Crippen LogP contribution in [0.15, 0.2) is 0 Å². The third-order valence-corrected chi connectivity index (χ3v) is 4.48. The van der Waals surface area contributed by atoms with Crippen molar-refractivity contribution < 1.29 is 9.47 Å². The lowest BCUT2D eigenvalue weighted by atomic mass is 9.78. The highest BCUT2D eigenvalue weighted by Crippen LogP contribution is 2.35. The first kappa shape index (κ1) is 15.3. The molecule has 0 spiro atoms. The molecular formula is C16H31NO2. The van der Waals surface area contributed by atoms with E-state index in [-0.39, 0.29) is 5.60 Å². The van der Waals surface area contributed by atoms with Gasteiger partial charge in [0.1, 0.15) is 0 Å². The average Bonchev–Trinajstić information content (AvgIpc) is 2.87. The third-order valence-electron chi connectivity index (χ3n) is 4.48. The second-order valence-electron chi connectivity index (χ2n) is 6.87. The highest BCUT2D eigenvalue weighted by molar-refractivity contribution is 4.90. The van der Waals surface area contributed by atoms with Crippen molar-refractivity contribution in [3.05, 3.63) is 0 Å². The Balaban J connectivity index is 1.88. The van der Waals surface area contributed by atoms with Crippen LogP contribution in [0.4, 0.5) is 0 Å². The summed E-state index contributed by atoms with van der Waals surface area (Å²) in [6, 6.07) is 0.528. The van der Waals surface area contributed by atoms with Crippen molar-refractivity contribution in [2.45, 2.75) is 77.0 Å². The molecule has 1 heterocycles. The zero-order valence-electron chi connectivity index (χ0n) is 12.9. The van der Waals surface area contributed by atoms with Crippen molar-refractivity contribution >= 4 is 0 Å². The van der Waals surface area contributed by atoms with Crippen LogP contribution in [-0.4, -0.2) is 37.5 Å². The molecule has 0 aromatic heterocycles. The minimum absolute atomic E-state index is 0.0495. The summed E-state index contributed by atoms with van der Waals surface area (Å²) in [5.74, 6) is 0.784. The third kappa shape index (κ3) is 4.73. The Morgan fingerprint density at radius 1 is 1.32 bits per heavy atom. The maximum Gasteiger partial charge on any atom is 0.0810 e. The van der Waals surface area contributed by atoms with Crippen LogP contribution in [0.3, 0.4) is 0 Å². The quantitative estimate of drug-likeness (QED) is 0.803. The molecule has 1 N–H and O–H groups in total. The molecule has 3 heteroatoms. The topological polar surface area (TPSA) is 30.5 Å². The summed E-state index contributed by atoms with van der Waals surface area (Å²) >= 11 is 0. The first-order valence-electron chi connectivity index (χ1n) is 8.09. The fourth-order valence-electron chi connectivity index (χ4n) is 3.39. The molecule has 0 aromatic carbocycles. The second-order valence-corrected chi connectivity index (χ2v) is 6.87. The Morgan fingerprint density at radius 3 is 2.79 bits per heavy atom. The molecule has 0 aromatic rings. The summed E-state index contributed by atoms with van der Waals surface area (Å²) in [5.41, 5.74) is 0.0495. The van der Waals surface area contributed by atoms with Crippen LogP contribution in [0, 0.1) is 5.92 Å². The van der Waals surface area contributed by atoms with Gasteiger partial charge in [0, 0.05) is 19.2 Å². The van der Waals surface area contributed by atoms with E-state index in [4.69, 9.17) is 9.47 Å². The van der Waals surface area contributed by atoms with Crippen LogP contribution < -0.4 is 5.32 Å². The van der Waals surface area contributed by atoms with Crippen molar-refractivity contribution in [2.24, 2.45) is 5.92 Å². The van der Waals surface area contributed by atoms with Crippen LogP contribution in [0.2, 0.25) is 0 Å². The summed E-state index contributed by atoms with van der Waals surface area (Å²) in [6.07, 6.45) is 7.75. The predicted octanol–water partition coefficient (Wildman–Crippen LogP) is 3.13. The summed E-state index contributed by atoms with van der Waals surface area (Å²) in [4.78, 5) is 0. The van der Waals surface area contributed by atoms with E-state index in [1.807, 2.05) is 0 Å². The Labute approximate surface area is 118 Å². The number of rotatable bonds is 6. The molecule has 1 saturated carbocycles. The van der Waals surface area contributed by atoms with Crippen molar-refractivity contribution in [2.75, 3.05) is 19.8 Å². The van der Waals surface area contributed by atoms with Crippen LogP contribution in [0.5, 0.6) is 0 Å². The van der Waals surface area contributed by atoms with Crippen molar-refractivity contribution in [3.8, 4) is 0 Å². The molecule has 2 aliphatic rings. The van der Waals surface area contributed by atoms with E-state index in [0.29, 0.717) is 12.1 Å². The van der Waals surface area contributed by atoms with Gasteiger partial charge in [-0.05, 0) is 31.6 Å². The second kappa shape index (κ2) is 7.05. The Kier molecular flexibility index (Phi) is 5.67. The van der Waals surface area contributed by atoms with Gasteiger partial charge in [0.05, 0.1) is 18.3 Å². The van der Waals surface area contributed by atoms with Crippen LogP contribution in [0.25, 0.3) is 0 Å². The normalized spacial score (nSPS) is 36.0. The van der Waals surface area contributed by atoms with E-state index in [2.05, 4.69) is 26.1 Å². The summed E-state index contributed by atoms with van der Waals surface area (Å²) in [6.45, 7) is 9.47. The van der Waals surface area contributed by atoms with Crippen LogP contribution in [-0.2, 0) is 9.47 Å². The molecular weight excluding hydrogens is 238 g/mol. The highest BCUT2D eigenvalue weighted by atomic mass is 16.5. The fourth-order valence-corrected chi connectivity index (χ4v) is 3.39. The monoisotopic (exact) mass is 269 g/mol. The average molecular weight is 269 g/mol. The van der Waals surface area contributed by atoms with E-state index in [9.17, 15) is 0 Å². The highest BCUT2D eigenvalue weighted by Gasteiger charge is 2.36. The molecule has 3 atom stereocenters. The minimum Gasteiger partial charge on any atom is -0.376 e. The first-order chi connectivity index (χ1) is 9.10. The Hall–Kier alpha value is -0.120. The van der Waals surface area contributed by atoms with E-state index in [0.717, 1.165) is 25.7 Å². The van der Waals surface area contributed by atoms with Crippen molar-refractivity contribution in [1.82, 2.24) is 5.32 Å². The fraction of sp³-hybridized carbons (Fsp3) is 1.00. The van der Waals surface area contributed by atoms with Gasteiger partial charge in [-0.25, -0.2) is 0 Å². The molecule has 0 amide bonds. The zero-order valence-corrected chi connectivity index (χ0v) is 12.9. The molecule has 2 rings (SSSR count). The van der Waals surface area contributed by atoms with E-state index >= 15 is 0 Å². The molecule has 112 valence electrons. The van der Waals surface area contributed by atoms with Gasteiger partial charge in [0.25, 0.3) is 0 Å². The maximum atomic E-state index is 6.39. The summed E-state index contributed by atoms with van der Waals surface area (Å²) < 4.78 is 12.1. The lowest BCUT2D eigenvalue weighted by molar-refractivity contribution is -0.109. The zero-order chi connectivity index (χ0) is 13.7. The molecule has 1 saturated heterocycles. The minimum atomic E-state index is 0.0495. The number of hydrogen-bond donors (Lipinski definition) is 1. The maximum absolute atomic E-state index is 6.39. The smallest absolute Gasteiger partial charge is 0.0810 e. The van der Waals surface area contributed by atoms with E-state index in [1.165, 1.54) is 38.5 Å². The molecule has 0 radical (unpaired) electrons. The lowest BCUT2D eigenvalue weighted by Gasteiger charge is -2.41. The molecule has 1 aliphatic heterocycles.